The summed E-state index contributed by atoms with van der Waals surface area (Å²) in [6.45, 7) is 4.93. The first-order valence-electron chi connectivity index (χ1n) is 7.58. The number of nitrogens with one attached hydrogen (secondary N) is 1. The van der Waals surface area contributed by atoms with Crippen molar-refractivity contribution in [3.63, 3.8) is 0 Å². The Morgan fingerprint density at radius 2 is 1.94 bits per heavy atom. The number of carbonyl (C=O) groups excluding carboxylic acids is 1. The topological polar surface area (TPSA) is 55.1 Å². The van der Waals surface area contributed by atoms with Crippen LogP contribution in [-0.2, 0) is 4.79 Å². The molecular formula is C15H28N2O. The molecule has 0 radical (unpaired) electrons. The number of rotatable bonds is 4. The molecule has 0 spiro atoms. The Bertz CT molecular complexity index is 291. The highest BCUT2D eigenvalue weighted by molar-refractivity contribution is 5.83. The van der Waals surface area contributed by atoms with E-state index in [4.69, 9.17) is 5.73 Å². The summed E-state index contributed by atoms with van der Waals surface area (Å²) in [5, 5.41) is 3.24. The van der Waals surface area contributed by atoms with Crippen LogP contribution in [0.15, 0.2) is 0 Å². The Labute approximate surface area is 111 Å². The molecule has 0 heterocycles. The fraction of sp³-hybridized carbons (Fsp3) is 0.933. The third-order valence-corrected chi connectivity index (χ3v) is 5.32. The third kappa shape index (κ3) is 2.71. The average molecular weight is 252 g/mol. The number of nitrogens with two attached hydrogens (primary N) is 1. The second-order valence-electron chi connectivity index (χ2n) is 6.62. The van der Waals surface area contributed by atoms with Crippen LogP contribution in [0.3, 0.4) is 0 Å². The van der Waals surface area contributed by atoms with E-state index in [0.29, 0.717) is 18.5 Å². The number of carbonyl (C=O) groups is 1. The molecule has 3 nitrogen and oxygen atoms in total. The van der Waals surface area contributed by atoms with Gasteiger partial charge >= 0.3 is 0 Å². The highest BCUT2D eigenvalue weighted by Gasteiger charge is 2.40. The van der Waals surface area contributed by atoms with Gasteiger partial charge in [-0.25, -0.2) is 0 Å². The molecule has 1 unspecified atom stereocenters. The smallest absolute Gasteiger partial charge is 0.227 e. The minimum absolute atomic E-state index is 0.219. The van der Waals surface area contributed by atoms with Crippen molar-refractivity contribution in [2.24, 2.45) is 23.0 Å². The predicted octanol–water partition coefficient (Wildman–Crippen LogP) is 2.45. The van der Waals surface area contributed by atoms with Crippen molar-refractivity contribution < 1.29 is 4.79 Å². The zero-order valence-electron chi connectivity index (χ0n) is 11.9. The lowest BCUT2D eigenvalue weighted by Crippen LogP contribution is -2.52. The van der Waals surface area contributed by atoms with E-state index in [1.54, 1.807) is 0 Å². The summed E-state index contributed by atoms with van der Waals surface area (Å²) in [4.78, 5) is 12.5. The van der Waals surface area contributed by atoms with Gasteiger partial charge in [0.2, 0.25) is 5.91 Å². The summed E-state index contributed by atoms with van der Waals surface area (Å²) >= 11 is 0. The summed E-state index contributed by atoms with van der Waals surface area (Å²) in [5.41, 5.74) is 5.65. The summed E-state index contributed by atoms with van der Waals surface area (Å²) < 4.78 is 0. The highest BCUT2D eigenvalue weighted by atomic mass is 16.2. The Morgan fingerprint density at radius 3 is 2.39 bits per heavy atom. The van der Waals surface area contributed by atoms with E-state index >= 15 is 0 Å². The van der Waals surface area contributed by atoms with Gasteiger partial charge in [0, 0.05) is 12.6 Å². The van der Waals surface area contributed by atoms with Gasteiger partial charge in [-0.1, -0.05) is 13.3 Å². The van der Waals surface area contributed by atoms with Crippen molar-refractivity contribution in [1.82, 2.24) is 5.32 Å². The molecule has 1 amide bonds. The Morgan fingerprint density at radius 1 is 1.33 bits per heavy atom. The molecule has 2 saturated carbocycles. The molecule has 2 aliphatic rings. The molecule has 0 bridgehead atoms. The van der Waals surface area contributed by atoms with Gasteiger partial charge < -0.3 is 11.1 Å². The van der Waals surface area contributed by atoms with Crippen molar-refractivity contribution in [3.05, 3.63) is 0 Å². The maximum Gasteiger partial charge on any atom is 0.227 e. The predicted molar refractivity (Wildman–Crippen MR) is 74.1 cm³/mol. The molecule has 0 aromatic rings. The van der Waals surface area contributed by atoms with E-state index in [0.717, 1.165) is 31.6 Å². The van der Waals surface area contributed by atoms with Gasteiger partial charge in [0.05, 0.1) is 5.41 Å². The molecule has 0 saturated heterocycles. The second-order valence-corrected chi connectivity index (χ2v) is 6.62. The quantitative estimate of drug-likeness (QED) is 0.807. The second kappa shape index (κ2) is 5.60. The van der Waals surface area contributed by atoms with E-state index < -0.39 is 0 Å². The third-order valence-electron chi connectivity index (χ3n) is 5.32. The Kier molecular flexibility index (Phi) is 4.31. The largest absolute Gasteiger partial charge is 0.353 e. The summed E-state index contributed by atoms with van der Waals surface area (Å²) in [7, 11) is 0. The van der Waals surface area contributed by atoms with Gasteiger partial charge in [-0.05, 0) is 57.3 Å². The van der Waals surface area contributed by atoms with Gasteiger partial charge in [0.25, 0.3) is 0 Å². The van der Waals surface area contributed by atoms with Crippen LogP contribution in [0.2, 0.25) is 0 Å². The lowest BCUT2D eigenvalue weighted by Gasteiger charge is -2.40. The minimum atomic E-state index is -0.273. The lowest BCUT2D eigenvalue weighted by atomic mass is 9.70. The van der Waals surface area contributed by atoms with Gasteiger partial charge in [0.1, 0.15) is 0 Å². The first kappa shape index (κ1) is 13.9. The zero-order valence-corrected chi connectivity index (χ0v) is 11.9. The maximum atomic E-state index is 12.5. The summed E-state index contributed by atoms with van der Waals surface area (Å²) in [6.07, 6.45) is 8.08. The molecule has 2 aliphatic carbocycles. The standard InChI is InChI=1S/C15H28N2O/c1-11-6-8-15(10-16,9-7-11)14(18)17-12(2)13-4-3-5-13/h11-13H,3-10,16H2,1-2H3,(H,17,18). The van der Waals surface area contributed by atoms with Crippen LogP contribution in [0.1, 0.15) is 58.8 Å². The summed E-state index contributed by atoms with van der Waals surface area (Å²) in [6, 6.07) is 0.328. The first-order chi connectivity index (χ1) is 8.57. The molecular weight excluding hydrogens is 224 g/mol. The van der Waals surface area contributed by atoms with Crippen molar-refractivity contribution in [3.8, 4) is 0 Å². The molecule has 0 aromatic carbocycles. The van der Waals surface area contributed by atoms with Gasteiger partial charge in [-0.15, -0.1) is 0 Å². The van der Waals surface area contributed by atoms with Crippen molar-refractivity contribution >= 4 is 5.91 Å². The van der Waals surface area contributed by atoms with Crippen LogP contribution in [0.25, 0.3) is 0 Å². The monoisotopic (exact) mass is 252 g/mol. The van der Waals surface area contributed by atoms with E-state index in [1.165, 1.54) is 19.3 Å². The molecule has 3 heteroatoms. The van der Waals surface area contributed by atoms with Crippen LogP contribution >= 0.6 is 0 Å². The molecule has 104 valence electrons. The zero-order chi connectivity index (χ0) is 13.2. The first-order valence-corrected chi connectivity index (χ1v) is 7.58. The highest BCUT2D eigenvalue weighted by Crippen LogP contribution is 2.39. The molecule has 3 N–H and O–H groups in total. The molecule has 2 rings (SSSR count). The van der Waals surface area contributed by atoms with E-state index in [1.807, 2.05) is 0 Å². The van der Waals surface area contributed by atoms with Crippen molar-refractivity contribution in [2.45, 2.75) is 64.8 Å². The van der Waals surface area contributed by atoms with E-state index in [9.17, 15) is 4.79 Å². The van der Waals surface area contributed by atoms with E-state index in [2.05, 4.69) is 19.2 Å². The van der Waals surface area contributed by atoms with Crippen LogP contribution in [0.4, 0.5) is 0 Å². The van der Waals surface area contributed by atoms with E-state index in [-0.39, 0.29) is 11.3 Å². The van der Waals surface area contributed by atoms with Gasteiger partial charge in [-0.2, -0.15) is 0 Å². The summed E-state index contributed by atoms with van der Waals surface area (Å²) in [5.74, 6) is 1.67. The molecule has 2 fully saturated rings. The molecule has 1 atom stereocenters. The van der Waals surface area contributed by atoms with Crippen molar-refractivity contribution in [1.29, 1.82) is 0 Å². The Hall–Kier alpha value is -0.570. The fourth-order valence-corrected chi connectivity index (χ4v) is 3.26. The maximum absolute atomic E-state index is 12.5. The SMILES string of the molecule is CC1CCC(CN)(C(=O)NC(C)C2CCC2)CC1. The number of hydrogen-bond acceptors (Lipinski definition) is 2. The fourth-order valence-electron chi connectivity index (χ4n) is 3.26. The molecule has 18 heavy (non-hydrogen) atoms. The van der Waals surface area contributed by atoms with Crippen LogP contribution < -0.4 is 11.1 Å². The van der Waals surface area contributed by atoms with Crippen LogP contribution in [0, 0.1) is 17.3 Å². The molecule has 0 aliphatic heterocycles. The average Bonchev–Trinajstić information content (AvgIpc) is 2.28. The van der Waals surface area contributed by atoms with Crippen LogP contribution in [-0.4, -0.2) is 18.5 Å². The normalized spacial score (nSPS) is 34.7. The Balaban J connectivity index is 1.92. The lowest BCUT2D eigenvalue weighted by molar-refractivity contribution is -0.134. The molecule has 0 aromatic heterocycles. The number of hydrogen-bond donors (Lipinski definition) is 2. The van der Waals surface area contributed by atoms with Crippen molar-refractivity contribution in [2.75, 3.05) is 6.54 Å². The number of amides is 1. The van der Waals surface area contributed by atoms with Gasteiger partial charge in [0.15, 0.2) is 0 Å². The minimum Gasteiger partial charge on any atom is -0.353 e. The van der Waals surface area contributed by atoms with Gasteiger partial charge in [-0.3, -0.25) is 4.79 Å². The van der Waals surface area contributed by atoms with Crippen LogP contribution in [0.5, 0.6) is 0 Å².